The van der Waals surface area contributed by atoms with Gasteiger partial charge in [0.2, 0.25) is 17.6 Å². The van der Waals surface area contributed by atoms with E-state index in [0.29, 0.717) is 30.6 Å². The van der Waals surface area contributed by atoms with Gasteiger partial charge in [-0.25, -0.2) is 0 Å². The molecule has 1 amide bonds. The van der Waals surface area contributed by atoms with Crippen LogP contribution in [0.25, 0.3) is 11.4 Å². The summed E-state index contributed by atoms with van der Waals surface area (Å²) in [5.74, 6) is -0.579. The Morgan fingerprint density at radius 3 is 2.64 bits per heavy atom. The van der Waals surface area contributed by atoms with E-state index in [4.69, 9.17) is 4.52 Å². The molecule has 0 N–H and O–H groups in total. The Morgan fingerprint density at radius 2 is 2.00 bits per heavy atom. The van der Waals surface area contributed by atoms with Crippen LogP contribution in [0.3, 0.4) is 0 Å². The summed E-state index contributed by atoms with van der Waals surface area (Å²) >= 11 is 0. The minimum absolute atomic E-state index is 0.0541. The van der Waals surface area contributed by atoms with Gasteiger partial charge in [0.25, 0.3) is 0 Å². The summed E-state index contributed by atoms with van der Waals surface area (Å²) < 4.78 is 43.9. The smallest absolute Gasteiger partial charge is 0.342 e. The number of halogens is 3. The molecule has 1 aromatic heterocycles. The van der Waals surface area contributed by atoms with Crippen molar-refractivity contribution in [2.24, 2.45) is 5.92 Å². The van der Waals surface area contributed by atoms with Gasteiger partial charge in [-0.1, -0.05) is 43.3 Å². The summed E-state index contributed by atoms with van der Waals surface area (Å²) in [6.07, 6.45) is -3.55. The highest BCUT2D eigenvalue weighted by Crippen LogP contribution is 2.33. The van der Waals surface area contributed by atoms with E-state index in [1.54, 1.807) is 0 Å². The van der Waals surface area contributed by atoms with Crippen molar-refractivity contribution in [1.82, 2.24) is 15.0 Å². The summed E-state index contributed by atoms with van der Waals surface area (Å²) in [6.45, 7) is 4.32. The van der Waals surface area contributed by atoms with Crippen LogP contribution in [0.15, 0.2) is 28.8 Å². The largest absolute Gasteiger partial charge is 0.393 e. The number of carbonyl (C=O) groups excluding carboxylic acids is 1. The van der Waals surface area contributed by atoms with Crippen LogP contribution in [-0.2, 0) is 11.2 Å². The number of hydrogen-bond acceptors (Lipinski definition) is 4. The Hall–Kier alpha value is -2.38. The number of alkyl halides is 3. The van der Waals surface area contributed by atoms with Crippen LogP contribution < -0.4 is 0 Å². The zero-order chi connectivity index (χ0) is 20.3. The average molecular weight is 395 g/mol. The monoisotopic (exact) mass is 395 g/mol. The Kier molecular flexibility index (Phi) is 6.05. The number of amides is 1. The van der Waals surface area contributed by atoms with E-state index in [1.807, 2.05) is 24.3 Å². The van der Waals surface area contributed by atoms with Gasteiger partial charge < -0.3 is 9.42 Å². The number of carbonyl (C=O) groups is 1. The lowest BCUT2D eigenvalue weighted by molar-refractivity contribution is -0.188. The molecule has 1 fully saturated rings. The van der Waals surface area contributed by atoms with Crippen molar-refractivity contribution in [3.8, 4) is 11.4 Å². The van der Waals surface area contributed by atoms with Crippen LogP contribution in [0.1, 0.15) is 50.5 Å². The van der Waals surface area contributed by atoms with Crippen molar-refractivity contribution in [2.45, 2.75) is 51.6 Å². The van der Waals surface area contributed by atoms with Crippen LogP contribution in [0, 0.1) is 5.92 Å². The quantitative estimate of drug-likeness (QED) is 0.743. The summed E-state index contributed by atoms with van der Waals surface area (Å²) in [5.41, 5.74) is 2.02. The molecule has 0 saturated carbocycles. The van der Waals surface area contributed by atoms with E-state index < -0.39 is 12.1 Å². The second-order valence-corrected chi connectivity index (χ2v) is 7.51. The molecular weight excluding hydrogens is 371 g/mol. The van der Waals surface area contributed by atoms with Crippen molar-refractivity contribution >= 4 is 5.91 Å². The van der Waals surface area contributed by atoms with Crippen molar-refractivity contribution in [3.05, 3.63) is 35.7 Å². The van der Waals surface area contributed by atoms with E-state index >= 15 is 0 Å². The van der Waals surface area contributed by atoms with Crippen LogP contribution in [-0.4, -0.2) is 40.2 Å². The number of aromatic nitrogens is 2. The predicted molar refractivity (Wildman–Crippen MR) is 97.5 cm³/mol. The molecule has 0 aliphatic carbocycles. The molecule has 1 saturated heterocycles. The lowest BCUT2D eigenvalue weighted by atomic mass is 9.97. The van der Waals surface area contributed by atoms with E-state index in [2.05, 4.69) is 24.0 Å². The van der Waals surface area contributed by atoms with Crippen LogP contribution in [0.5, 0.6) is 0 Å². The number of nitrogens with zero attached hydrogens (tertiary/aromatic N) is 3. The van der Waals surface area contributed by atoms with Gasteiger partial charge in [0.1, 0.15) is 0 Å². The summed E-state index contributed by atoms with van der Waals surface area (Å²) in [6, 6.07) is 7.85. The Bertz CT molecular complexity index is 800. The van der Waals surface area contributed by atoms with Crippen molar-refractivity contribution < 1.29 is 22.5 Å². The molecule has 3 rings (SSSR count). The summed E-state index contributed by atoms with van der Waals surface area (Å²) in [5, 5.41) is 3.94. The lowest BCUT2D eigenvalue weighted by Gasteiger charge is -2.33. The molecule has 8 heteroatoms. The van der Waals surface area contributed by atoms with E-state index in [-0.39, 0.29) is 31.7 Å². The fourth-order valence-corrected chi connectivity index (χ4v) is 3.33. The first kappa shape index (κ1) is 20.4. The number of piperidine rings is 1. The first-order valence-corrected chi connectivity index (χ1v) is 9.51. The van der Waals surface area contributed by atoms with Gasteiger partial charge in [0, 0.05) is 31.5 Å². The number of hydrogen-bond donors (Lipinski definition) is 0. The third-order valence-corrected chi connectivity index (χ3v) is 5.09. The Labute approximate surface area is 161 Å². The first-order valence-electron chi connectivity index (χ1n) is 9.51. The van der Waals surface area contributed by atoms with E-state index in [9.17, 15) is 18.0 Å². The van der Waals surface area contributed by atoms with Crippen LogP contribution >= 0.6 is 0 Å². The van der Waals surface area contributed by atoms with Crippen LogP contribution in [0.2, 0.25) is 0 Å². The summed E-state index contributed by atoms with van der Waals surface area (Å²) in [7, 11) is 0. The summed E-state index contributed by atoms with van der Waals surface area (Å²) in [4.78, 5) is 17.9. The molecule has 1 atom stereocenters. The maximum Gasteiger partial charge on any atom is 0.393 e. The standard InChI is InChI=1S/C20H24F3N3O2/c1-13(2)14-5-7-15(8-6-14)19-24-17(28-25-19)9-10-18(27)26-11-3-4-16(12-26)20(21,22)23/h5-8,13,16H,3-4,9-12H2,1-2H3. The Morgan fingerprint density at radius 1 is 1.29 bits per heavy atom. The third-order valence-electron chi connectivity index (χ3n) is 5.09. The molecule has 5 nitrogen and oxygen atoms in total. The average Bonchev–Trinajstić information content (AvgIpc) is 3.14. The molecule has 28 heavy (non-hydrogen) atoms. The zero-order valence-electron chi connectivity index (χ0n) is 16.0. The molecule has 0 spiro atoms. The maximum atomic E-state index is 12.9. The second-order valence-electron chi connectivity index (χ2n) is 7.51. The van der Waals surface area contributed by atoms with Gasteiger partial charge in [-0.3, -0.25) is 4.79 Å². The number of aryl methyl sites for hydroxylation is 1. The van der Waals surface area contributed by atoms with Gasteiger partial charge >= 0.3 is 6.18 Å². The first-order chi connectivity index (χ1) is 13.2. The second kappa shape index (κ2) is 8.32. The highest BCUT2D eigenvalue weighted by molar-refractivity contribution is 5.76. The normalized spacial score (nSPS) is 17.9. The highest BCUT2D eigenvalue weighted by atomic mass is 19.4. The van der Waals surface area contributed by atoms with Gasteiger partial charge in [-0.05, 0) is 24.3 Å². The molecule has 1 aliphatic rings. The molecule has 0 bridgehead atoms. The minimum atomic E-state index is -4.26. The van der Waals surface area contributed by atoms with Gasteiger partial charge in [-0.2, -0.15) is 18.2 Å². The van der Waals surface area contributed by atoms with Crippen molar-refractivity contribution in [1.29, 1.82) is 0 Å². The lowest BCUT2D eigenvalue weighted by Crippen LogP contribution is -2.44. The van der Waals surface area contributed by atoms with Gasteiger partial charge in [0.05, 0.1) is 5.92 Å². The molecule has 1 aliphatic heterocycles. The Balaban J connectivity index is 1.56. The van der Waals surface area contributed by atoms with Gasteiger partial charge in [-0.15, -0.1) is 0 Å². The van der Waals surface area contributed by atoms with Gasteiger partial charge in [0.15, 0.2) is 0 Å². The van der Waals surface area contributed by atoms with Crippen molar-refractivity contribution in [2.75, 3.05) is 13.1 Å². The molecule has 2 heterocycles. The molecular formula is C20H24F3N3O2. The molecule has 152 valence electrons. The minimum Gasteiger partial charge on any atom is -0.342 e. The number of rotatable bonds is 5. The highest BCUT2D eigenvalue weighted by Gasteiger charge is 2.42. The fourth-order valence-electron chi connectivity index (χ4n) is 3.33. The SMILES string of the molecule is CC(C)c1ccc(-c2noc(CCC(=O)N3CCCC(C(F)(F)F)C3)n2)cc1. The third kappa shape index (κ3) is 4.91. The predicted octanol–water partition coefficient (Wildman–Crippen LogP) is 4.59. The number of likely N-dealkylation sites (tertiary alicyclic amines) is 1. The molecule has 2 aromatic rings. The van der Waals surface area contributed by atoms with Crippen LogP contribution in [0.4, 0.5) is 13.2 Å². The molecule has 0 radical (unpaired) electrons. The van der Waals surface area contributed by atoms with Crippen molar-refractivity contribution in [3.63, 3.8) is 0 Å². The number of benzene rings is 1. The molecule has 1 unspecified atom stereocenters. The van der Waals surface area contributed by atoms with E-state index in [0.717, 1.165) is 5.56 Å². The molecule has 1 aromatic carbocycles. The zero-order valence-corrected chi connectivity index (χ0v) is 16.0. The fraction of sp³-hybridized carbons (Fsp3) is 0.550. The van der Waals surface area contributed by atoms with E-state index in [1.165, 1.54) is 10.5 Å². The topological polar surface area (TPSA) is 59.2 Å². The maximum absolute atomic E-state index is 12.9.